The van der Waals surface area contributed by atoms with E-state index in [0.717, 1.165) is 11.4 Å². The maximum absolute atomic E-state index is 2.54. The van der Waals surface area contributed by atoms with E-state index in [0.29, 0.717) is 0 Å². The van der Waals surface area contributed by atoms with Crippen LogP contribution in [-0.4, -0.2) is 28.2 Å². The molecule has 0 atom stereocenters. The molecule has 0 unspecified atom stereocenters. The van der Waals surface area contributed by atoms with Gasteiger partial charge in [-0.15, -0.1) is 0 Å². The van der Waals surface area contributed by atoms with E-state index < -0.39 is 0 Å². The monoisotopic (exact) mass is 879 g/mol. The van der Waals surface area contributed by atoms with Crippen LogP contribution in [0.4, 0.5) is 0 Å². The molecule has 14 aromatic rings. The van der Waals surface area contributed by atoms with Gasteiger partial charge in [-0.1, -0.05) is 36.4 Å². The van der Waals surface area contributed by atoms with Crippen molar-refractivity contribution in [2.75, 3.05) is 0 Å². The normalized spacial score (nSPS) is 12.1. The molecule has 0 radical (unpaired) electrons. The zero-order valence-corrected chi connectivity index (χ0v) is 36.3. The number of hydrogen-bond acceptors (Lipinski definition) is 0. The minimum absolute atomic E-state index is 0.153. The third-order valence-electron chi connectivity index (χ3n) is 13.5. The molecular weight excluding hydrogens is 842 g/mol. The summed E-state index contributed by atoms with van der Waals surface area (Å²) in [5.74, 6) is 0. The van der Waals surface area contributed by atoms with Gasteiger partial charge in [0.05, 0.1) is 11.0 Å². The van der Waals surface area contributed by atoms with Crippen molar-refractivity contribution < 1.29 is 0 Å². The molecule has 0 fully saturated rings. The van der Waals surface area contributed by atoms with Gasteiger partial charge in [-0.2, -0.15) is 0 Å². The third kappa shape index (κ3) is 5.15. The van der Waals surface area contributed by atoms with E-state index >= 15 is 0 Å². The Labute approximate surface area is 374 Å². The molecule has 298 valence electrons. The molecule has 0 aliphatic heterocycles. The van der Waals surface area contributed by atoms with Gasteiger partial charge in [0.2, 0.25) is 0 Å². The molecule has 0 aliphatic carbocycles. The molecule has 0 aliphatic rings. The van der Waals surface area contributed by atoms with Crippen molar-refractivity contribution in [2.45, 2.75) is 0 Å². The summed E-state index contributed by atoms with van der Waals surface area (Å²) in [5, 5.41) is 10.2. The van der Waals surface area contributed by atoms with Crippen LogP contribution >= 0.6 is 0 Å². The number of para-hydroxylation sites is 4. The Bertz CT molecular complexity index is 4130. The summed E-state index contributed by atoms with van der Waals surface area (Å²) in [6, 6.07) is 83.1. The molecule has 4 heterocycles. The van der Waals surface area contributed by atoms with Gasteiger partial charge in [0.25, 0.3) is 0 Å². The van der Waals surface area contributed by atoms with E-state index in [1.807, 2.05) is 0 Å². The van der Waals surface area contributed by atoms with Crippen LogP contribution in [0.5, 0.6) is 0 Å². The average molecular weight is 879 g/mol. The number of aromatic nitrogens is 3. The van der Waals surface area contributed by atoms with Crippen molar-refractivity contribution >= 4 is 99.2 Å². The van der Waals surface area contributed by atoms with Gasteiger partial charge in [0.1, 0.15) is 0 Å². The van der Waals surface area contributed by atoms with Gasteiger partial charge in [0, 0.05) is 10.8 Å². The number of fused-ring (bicyclic) bond motifs is 12. The zero-order chi connectivity index (χ0) is 41.9. The second-order valence-electron chi connectivity index (χ2n) is 16.9. The van der Waals surface area contributed by atoms with Crippen LogP contribution in [0.15, 0.2) is 224 Å². The minimum atomic E-state index is 0.153. The molecule has 0 saturated heterocycles. The second-order valence-corrected chi connectivity index (χ2v) is 19.1. The Morgan fingerprint density at radius 2 is 0.750 bits per heavy atom. The Hall–Kier alpha value is -7.88. The fourth-order valence-electron chi connectivity index (χ4n) is 10.6. The molecule has 0 N–H and O–H groups in total. The van der Waals surface area contributed by atoms with Crippen LogP contribution in [0.3, 0.4) is 0 Å². The van der Waals surface area contributed by atoms with Crippen LogP contribution in [0.2, 0.25) is 0 Å². The molecule has 0 spiro atoms. The van der Waals surface area contributed by atoms with E-state index in [9.17, 15) is 0 Å². The topological polar surface area (TPSA) is 14.8 Å². The Morgan fingerprint density at radius 3 is 1.41 bits per heavy atom. The quantitative estimate of drug-likeness (QED) is 0.153. The number of hydrogen-bond donors (Lipinski definition) is 0. The van der Waals surface area contributed by atoms with Crippen LogP contribution < -0.4 is 0 Å². The summed E-state index contributed by atoms with van der Waals surface area (Å²) in [6.07, 6.45) is 0. The molecule has 0 amide bonds. The van der Waals surface area contributed by atoms with Gasteiger partial charge < -0.3 is 4.57 Å². The molecule has 0 saturated carbocycles. The Kier molecular flexibility index (Phi) is 7.70. The first-order valence-corrected chi connectivity index (χ1v) is 23.6. The zero-order valence-electron chi connectivity index (χ0n) is 34.6. The van der Waals surface area contributed by atoms with Crippen molar-refractivity contribution in [3.05, 3.63) is 224 Å². The van der Waals surface area contributed by atoms with Gasteiger partial charge in [-0.25, -0.2) is 0 Å². The SMILES string of the molecule is c1ccc(-c2ccc(-c3ccc(-n4c5ccccc5c5ccc(-n6c7ccccc7c7cc(-n8c9ccccc9c9ccccc98)ccc76)cc54)c4c3[se]c3ccccc34)cc2)cc1. The first-order valence-electron chi connectivity index (χ1n) is 21.9. The summed E-state index contributed by atoms with van der Waals surface area (Å²) < 4.78 is 10.3. The molecule has 4 heteroatoms. The molecule has 64 heavy (non-hydrogen) atoms. The predicted octanol–water partition coefficient (Wildman–Crippen LogP) is 15.7. The van der Waals surface area contributed by atoms with Crippen molar-refractivity contribution in [3.63, 3.8) is 0 Å². The first-order chi connectivity index (χ1) is 31.8. The number of nitrogens with zero attached hydrogens (tertiary/aromatic N) is 3. The van der Waals surface area contributed by atoms with Gasteiger partial charge in [-0.05, 0) is 12.1 Å². The van der Waals surface area contributed by atoms with Crippen LogP contribution in [0, 0.1) is 0 Å². The van der Waals surface area contributed by atoms with E-state index in [1.54, 1.807) is 0 Å². The third-order valence-corrected chi connectivity index (χ3v) is 16.0. The van der Waals surface area contributed by atoms with Crippen molar-refractivity contribution in [3.8, 4) is 39.3 Å². The van der Waals surface area contributed by atoms with E-state index in [-0.39, 0.29) is 14.5 Å². The standard InChI is InChI=1S/C60H37N3Se/c1-2-14-38(15-3-1)39-26-28-40(29-27-39)43-33-35-56(59-49-20-8-13-25-58(49)64-60(43)59)63-54-24-12-6-18-46(54)48-32-30-42(37-57(48)63)62-53-23-11-7-19-47(53)50-36-41(31-34-55(50)62)61-51-21-9-4-16-44(51)45-17-5-10-22-52(45)61/h1-37H. The van der Waals surface area contributed by atoms with Gasteiger partial charge >= 0.3 is 302 Å². The van der Waals surface area contributed by atoms with Crippen molar-refractivity contribution in [2.24, 2.45) is 0 Å². The maximum atomic E-state index is 2.54. The molecular formula is C60H37N3Se. The van der Waals surface area contributed by atoms with Gasteiger partial charge in [0.15, 0.2) is 0 Å². The fraction of sp³-hybridized carbons (Fsp3) is 0. The molecule has 14 rings (SSSR count). The Morgan fingerprint density at radius 1 is 0.281 bits per heavy atom. The predicted molar refractivity (Wildman–Crippen MR) is 272 cm³/mol. The second kappa shape index (κ2) is 13.8. The average Bonchev–Trinajstić information content (AvgIpc) is 4.11. The summed E-state index contributed by atoms with van der Waals surface area (Å²) in [7, 11) is 0. The van der Waals surface area contributed by atoms with E-state index in [4.69, 9.17) is 0 Å². The molecule has 4 aromatic heterocycles. The van der Waals surface area contributed by atoms with Gasteiger partial charge in [-0.3, -0.25) is 0 Å². The summed E-state index contributed by atoms with van der Waals surface area (Å²) in [4.78, 5) is 0. The molecule has 0 bridgehead atoms. The summed E-state index contributed by atoms with van der Waals surface area (Å²) in [6.45, 7) is 0. The molecule has 10 aromatic carbocycles. The molecule has 3 nitrogen and oxygen atoms in total. The van der Waals surface area contributed by atoms with Crippen LogP contribution in [-0.2, 0) is 0 Å². The number of benzene rings is 10. The van der Waals surface area contributed by atoms with Crippen molar-refractivity contribution in [1.29, 1.82) is 0 Å². The van der Waals surface area contributed by atoms with E-state index in [1.165, 1.54) is 113 Å². The van der Waals surface area contributed by atoms with Crippen molar-refractivity contribution in [1.82, 2.24) is 13.7 Å². The van der Waals surface area contributed by atoms with Crippen LogP contribution in [0.25, 0.3) is 124 Å². The van der Waals surface area contributed by atoms with E-state index in [2.05, 4.69) is 238 Å². The Balaban J connectivity index is 0.989. The van der Waals surface area contributed by atoms with Crippen LogP contribution in [0.1, 0.15) is 0 Å². The fourth-order valence-corrected chi connectivity index (χ4v) is 13.3. The number of rotatable bonds is 5. The summed E-state index contributed by atoms with van der Waals surface area (Å²) >= 11 is 0.153. The summed E-state index contributed by atoms with van der Waals surface area (Å²) in [5.41, 5.74) is 15.8. The first kappa shape index (κ1) is 35.7.